The lowest BCUT2D eigenvalue weighted by Gasteiger charge is -2.25. The van der Waals surface area contributed by atoms with E-state index in [0.717, 1.165) is 17.3 Å². The van der Waals surface area contributed by atoms with Crippen molar-refractivity contribution in [1.29, 1.82) is 0 Å². The van der Waals surface area contributed by atoms with Crippen molar-refractivity contribution in [3.8, 4) is 0 Å². The number of alkyl halides is 1. The molecule has 23 heteroatoms. The van der Waals surface area contributed by atoms with Gasteiger partial charge in [0.2, 0.25) is 5.95 Å². The number of nitrogens with two attached hydrogens (primary N) is 2. The first-order chi connectivity index (χ1) is 20.0. The second kappa shape index (κ2) is 10.7. The molecule has 4 aromatic rings. The highest BCUT2D eigenvalue weighted by molar-refractivity contribution is 8.44. The normalized spacial score (nSPS) is 31.3. The number of thiol groups is 1. The van der Waals surface area contributed by atoms with E-state index in [1.165, 1.54) is 4.57 Å². The van der Waals surface area contributed by atoms with Crippen LogP contribution in [0.3, 0.4) is 0 Å². The van der Waals surface area contributed by atoms with E-state index >= 15 is 4.39 Å². The van der Waals surface area contributed by atoms with Crippen molar-refractivity contribution in [2.75, 3.05) is 24.7 Å². The Morgan fingerprint density at radius 1 is 1.12 bits per heavy atom. The zero-order valence-electron chi connectivity index (χ0n) is 21.0. The molecule has 2 aliphatic rings. The van der Waals surface area contributed by atoms with E-state index in [2.05, 4.69) is 47.5 Å². The fraction of sp³-hybridized carbons (Fsp3) is 0.526. The van der Waals surface area contributed by atoms with Gasteiger partial charge in [-0.2, -0.15) is 9.67 Å². The summed E-state index contributed by atoms with van der Waals surface area (Å²) in [5.74, 6) is -0.232. The molecule has 0 radical (unpaired) electrons. The van der Waals surface area contributed by atoms with Crippen LogP contribution in [0.2, 0.25) is 0 Å². The smallest absolute Gasteiger partial charge is 0.386 e. The van der Waals surface area contributed by atoms with Gasteiger partial charge in [-0.1, -0.05) is 17.5 Å². The predicted molar refractivity (Wildman–Crippen MR) is 139 cm³/mol. The number of anilines is 2. The number of H-pyrrole nitrogens is 1. The molecule has 0 aromatic carbocycles. The SMILES string of the molecule is Nc1nc2c(ncn2[C@@H]2O[C@H](CO)[C@@H](O)[C@@H]2OP(=O)(S)OC[C@H]2O[C@@H](n3nnc4c(N)ncnc43)[C@@H](F)[C@@H]2O)c(=O)[nH]1. The van der Waals surface area contributed by atoms with E-state index in [9.17, 15) is 24.7 Å². The second-order valence-electron chi connectivity index (χ2n) is 9.31. The van der Waals surface area contributed by atoms with Crippen molar-refractivity contribution in [2.45, 2.75) is 49.1 Å². The number of hydrogen-bond donors (Lipinski definition) is 7. The molecule has 42 heavy (non-hydrogen) atoms. The van der Waals surface area contributed by atoms with Crippen LogP contribution in [0, 0.1) is 0 Å². The molecule has 1 unspecified atom stereocenters. The van der Waals surface area contributed by atoms with Gasteiger partial charge in [-0.25, -0.2) is 23.9 Å². The quantitative estimate of drug-likeness (QED) is 0.0802. The van der Waals surface area contributed by atoms with Gasteiger partial charge in [0.1, 0.15) is 36.8 Å². The molecule has 0 bridgehead atoms. The van der Waals surface area contributed by atoms with Crippen LogP contribution < -0.4 is 17.0 Å². The fourth-order valence-corrected chi connectivity index (χ4v) is 6.14. The number of fused-ring (bicyclic) bond motifs is 2. The number of nitrogens with one attached hydrogen (secondary N) is 1. The first-order valence-corrected chi connectivity index (χ1v) is 14.8. The summed E-state index contributed by atoms with van der Waals surface area (Å²) in [7, 11) is 0. The number of aliphatic hydroxyl groups is 3. The summed E-state index contributed by atoms with van der Waals surface area (Å²) in [6, 6.07) is 0. The lowest BCUT2D eigenvalue weighted by molar-refractivity contribution is -0.0555. The topological polar surface area (TPSA) is 287 Å². The molecular weight excluding hydrogens is 608 g/mol. The number of halogens is 1. The number of nitrogen functional groups attached to an aromatic ring is 2. The van der Waals surface area contributed by atoms with E-state index < -0.39 is 74.7 Å². The van der Waals surface area contributed by atoms with Crippen molar-refractivity contribution in [3.63, 3.8) is 0 Å². The van der Waals surface area contributed by atoms with Crippen LogP contribution in [-0.2, 0) is 23.1 Å². The summed E-state index contributed by atoms with van der Waals surface area (Å²) >= 11 is 3.95. The zero-order valence-corrected chi connectivity index (χ0v) is 22.8. The van der Waals surface area contributed by atoms with Gasteiger partial charge in [-0.15, -0.1) is 5.10 Å². The highest BCUT2D eigenvalue weighted by Crippen LogP contribution is 2.57. The first kappa shape index (κ1) is 28.8. The Labute approximate surface area is 237 Å². The molecule has 2 aliphatic heterocycles. The minimum Gasteiger partial charge on any atom is -0.394 e. The van der Waals surface area contributed by atoms with Crippen LogP contribution in [0.4, 0.5) is 16.2 Å². The minimum atomic E-state index is -4.42. The summed E-state index contributed by atoms with van der Waals surface area (Å²) in [4.78, 5) is 30.2. The second-order valence-corrected chi connectivity index (χ2v) is 12.2. The average molecular weight is 632 g/mol. The molecule has 20 nitrogen and oxygen atoms in total. The van der Waals surface area contributed by atoms with Crippen molar-refractivity contribution in [1.82, 2.24) is 44.5 Å². The van der Waals surface area contributed by atoms with Gasteiger partial charge < -0.3 is 36.3 Å². The van der Waals surface area contributed by atoms with Crippen molar-refractivity contribution < 1.29 is 42.8 Å². The van der Waals surface area contributed by atoms with Crippen LogP contribution >= 0.6 is 19.0 Å². The molecule has 6 rings (SSSR count). The summed E-state index contributed by atoms with van der Waals surface area (Å²) in [6.45, 7) is -5.76. The van der Waals surface area contributed by atoms with Crippen LogP contribution in [0.15, 0.2) is 17.4 Å². The van der Waals surface area contributed by atoms with Gasteiger partial charge in [0.25, 0.3) is 5.56 Å². The van der Waals surface area contributed by atoms with Crippen LogP contribution in [-0.4, -0.2) is 110 Å². The monoisotopic (exact) mass is 631 g/mol. The number of hydrogen-bond acceptors (Lipinski definition) is 17. The number of aromatic nitrogens is 9. The van der Waals surface area contributed by atoms with E-state index in [0.29, 0.717) is 0 Å². The van der Waals surface area contributed by atoms with E-state index in [1.54, 1.807) is 0 Å². The fourth-order valence-electron chi connectivity index (χ4n) is 4.68. The summed E-state index contributed by atoms with van der Waals surface area (Å²) < 4.78 is 52.5. The lowest BCUT2D eigenvalue weighted by Crippen LogP contribution is -2.35. The van der Waals surface area contributed by atoms with Gasteiger partial charge in [0.05, 0.1) is 19.5 Å². The Morgan fingerprint density at radius 3 is 2.64 bits per heavy atom. The molecular formula is C19H23FN11O9PS. The molecule has 0 aliphatic carbocycles. The largest absolute Gasteiger partial charge is 0.394 e. The van der Waals surface area contributed by atoms with Crippen molar-refractivity contribution in [2.24, 2.45) is 0 Å². The summed E-state index contributed by atoms with van der Waals surface area (Å²) in [5, 5.41) is 38.5. The summed E-state index contributed by atoms with van der Waals surface area (Å²) in [6.07, 6.45) is -10.0. The summed E-state index contributed by atoms with van der Waals surface area (Å²) in [5.41, 5.74) is 10.7. The third-order valence-electron chi connectivity index (χ3n) is 6.70. The van der Waals surface area contributed by atoms with E-state index in [-0.39, 0.29) is 34.1 Å². The Bertz CT molecular complexity index is 1740. The van der Waals surface area contributed by atoms with Crippen molar-refractivity contribution >= 4 is 53.1 Å². The number of aliphatic hydroxyl groups excluding tert-OH is 3. The molecule has 0 saturated carbocycles. The van der Waals surface area contributed by atoms with Crippen LogP contribution in [0.1, 0.15) is 12.5 Å². The van der Waals surface area contributed by atoms with Crippen LogP contribution in [0.25, 0.3) is 22.3 Å². The molecule has 6 heterocycles. The van der Waals surface area contributed by atoms with Crippen LogP contribution in [0.5, 0.6) is 0 Å². The van der Waals surface area contributed by atoms with Gasteiger partial charge in [0.15, 0.2) is 46.8 Å². The van der Waals surface area contributed by atoms with Gasteiger partial charge in [-0.05, 0) is 0 Å². The zero-order chi connectivity index (χ0) is 29.9. The number of ether oxygens (including phenoxy) is 2. The maximum absolute atomic E-state index is 15.1. The number of imidazole rings is 1. The maximum Gasteiger partial charge on any atom is 0.386 e. The molecule has 0 amide bonds. The Morgan fingerprint density at radius 2 is 1.88 bits per heavy atom. The standard InChI is InChI=1S/C19H23FN11O9PS/c20-7-10(33)6(39-17(7)31-14-8(28-29-31)13(21)23-3-24-14)2-37-41(36,42)40-12-11(34)5(1-32)38-18(12)30-4-25-9-15(30)26-19(22)27-16(9)35/h3-7,10-12,17-18,32-34H,1-2H2,(H,36,42)(H2,21,23,24)(H3,22,26,27,35)/t5-,6-,7+,10-,11-,12+,17-,18-,41?/m1/s1. The van der Waals surface area contributed by atoms with Crippen molar-refractivity contribution in [3.05, 3.63) is 23.0 Å². The Kier molecular flexibility index (Phi) is 7.35. The number of nitrogens with zero attached hydrogens (tertiary/aromatic N) is 8. The molecule has 226 valence electrons. The predicted octanol–water partition coefficient (Wildman–Crippen LogP) is -2.19. The number of aromatic amines is 1. The van der Waals surface area contributed by atoms with E-state index in [1.807, 2.05) is 0 Å². The number of rotatable bonds is 8. The maximum atomic E-state index is 15.1. The third kappa shape index (κ3) is 4.89. The third-order valence-corrected chi connectivity index (χ3v) is 8.31. The highest BCUT2D eigenvalue weighted by atomic mass is 32.7. The molecule has 2 saturated heterocycles. The highest BCUT2D eigenvalue weighted by Gasteiger charge is 2.50. The molecule has 8 N–H and O–H groups in total. The van der Waals surface area contributed by atoms with E-state index in [4.69, 9.17) is 30.0 Å². The Hall–Kier alpha value is -3.34. The minimum absolute atomic E-state index is 0.00260. The van der Waals surface area contributed by atoms with Gasteiger partial charge in [-0.3, -0.25) is 23.4 Å². The first-order valence-electron chi connectivity index (χ1n) is 12.1. The molecule has 4 aromatic heterocycles. The average Bonchev–Trinajstić information content (AvgIpc) is 3.69. The molecule has 0 spiro atoms. The lowest BCUT2D eigenvalue weighted by atomic mass is 10.1. The molecule has 9 atom stereocenters. The van der Waals surface area contributed by atoms with Gasteiger partial charge in [0, 0.05) is 0 Å². The molecule has 2 fully saturated rings. The Balaban J connectivity index is 1.19. The van der Waals surface area contributed by atoms with Gasteiger partial charge >= 0.3 is 6.80 Å².